The summed E-state index contributed by atoms with van der Waals surface area (Å²) in [5, 5.41) is 13.2. The van der Waals surface area contributed by atoms with Crippen molar-refractivity contribution in [1.29, 1.82) is 0 Å². The van der Waals surface area contributed by atoms with Gasteiger partial charge in [-0.15, -0.1) is 6.54 Å². The molecule has 0 aromatic carbocycles. The van der Waals surface area contributed by atoms with Gasteiger partial charge in [-0.3, -0.25) is 0 Å². The molecule has 6 heavy (non-hydrogen) atoms. The van der Waals surface area contributed by atoms with Gasteiger partial charge in [-0.25, -0.2) is 5.11 Å². The Hall–Kier alpha value is -0.210. The summed E-state index contributed by atoms with van der Waals surface area (Å²) in [6.45, 7) is 4.27. The molecular formula is C4H8NO. The van der Waals surface area contributed by atoms with Crippen LogP contribution in [-0.4, -0.2) is 19.7 Å². The van der Waals surface area contributed by atoms with E-state index in [1.54, 1.807) is 0 Å². The van der Waals surface area contributed by atoms with Gasteiger partial charge in [0.15, 0.2) is 0 Å². The van der Waals surface area contributed by atoms with Crippen LogP contribution in [0.2, 0.25) is 0 Å². The Bertz CT molecular complexity index is 19.5. The van der Waals surface area contributed by atoms with Crippen molar-refractivity contribution in [3.63, 3.8) is 0 Å². The van der Waals surface area contributed by atoms with Crippen molar-refractivity contribution in [1.82, 2.24) is 0 Å². The molecular weight excluding hydrogens is 78.0 g/mol. The number of hydrogen-bond acceptors (Lipinski definition) is 0. The van der Waals surface area contributed by atoms with E-state index in [4.69, 9.17) is 0 Å². The summed E-state index contributed by atoms with van der Waals surface area (Å²) in [6.07, 6.45) is 0. The molecule has 0 unspecified atom stereocenters. The zero-order valence-electron chi connectivity index (χ0n) is 3.68. The van der Waals surface area contributed by atoms with Crippen LogP contribution in [0.1, 0.15) is 0 Å². The Morgan fingerprint density at radius 1 is 1.67 bits per heavy atom. The lowest BCUT2D eigenvalue weighted by atomic mass is 10.6. The molecule has 2 nitrogen and oxygen atoms in total. The minimum atomic E-state index is -0.102. The van der Waals surface area contributed by atoms with Crippen molar-refractivity contribution in [2.24, 2.45) is 0 Å². The topological polar surface area (TPSA) is 34.0 Å². The molecule has 0 aromatic heterocycles. The van der Waals surface area contributed by atoms with Gasteiger partial charge in [0.2, 0.25) is 0 Å². The van der Waals surface area contributed by atoms with E-state index < -0.39 is 0 Å². The largest absolute Gasteiger partial charge is 0.620 e. The predicted molar refractivity (Wildman–Crippen MR) is 24.0 cm³/mol. The molecule has 0 rings (SSSR count). The summed E-state index contributed by atoms with van der Waals surface area (Å²) >= 11 is 0. The first kappa shape index (κ1) is 5.79. The molecule has 0 heterocycles. The van der Waals surface area contributed by atoms with Crippen LogP contribution >= 0.6 is 0 Å². The Labute approximate surface area is 38.2 Å². The monoisotopic (exact) mass is 86.1 g/mol. The fraction of sp³-hybridized carbons (Fsp3) is 0.750. The second-order valence-corrected chi connectivity index (χ2v) is 0.875. The molecule has 1 radical (unpaired) electrons. The zero-order valence-corrected chi connectivity index (χ0v) is 3.68. The molecule has 0 spiro atoms. The Balaban J connectivity index is 2.34. The normalized spacial score (nSPS) is 8.83. The zero-order chi connectivity index (χ0) is 4.83. The summed E-state index contributed by atoms with van der Waals surface area (Å²) in [7, 11) is 0. The highest BCUT2D eigenvalue weighted by atomic mass is 16.3. The summed E-state index contributed by atoms with van der Waals surface area (Å²) in [6, 6.07) is 0. The van der Waals surface area contributed by atoms with Gasteiger partial charge < -0.3 is 5.32 Å². The van der Waals surface area contributed by atoms with E-state index in [9.17, 15) is 5.11 Å². The molecule has 0 amide bonds. The SMILES string of the molecule is [CH2+]C[N-]CC[O]. The highest BCUT2D eigenvalue weighted by Gasteiger charge is 1.64. The van der Waals surface area contributed by atoms with Gasteiger partial charge in [-0.1, -0.05) is 0 Å². The summed E-state index contributed by atoms with van der Waals surface area (Å²) in [5.74, 6) is 0. The second-order valence-electron chi connectivity index (χ2n) is 0.875. The highest BCUT2D eigenvalue weighted by molar-refractivity contribution is 4.78. The smallest absolute Gasteiger partial charge is 0.0636 e. The summed E-state index contributed by atoms with van der Waals surface area (Å²) in [5.41, 5.74) is 0. The van der Waals surface area contributed by atoms with Gasteiger partial charge in [0, 0.05) is 13.5 Å². The van der Waals surface area contributed by atoms with Crippen LogP contribution in [-0.2, 0) is 5.11 Å². The molecule has 0 fully saturated rings. The third-order valence-electron chi connectivity index (χ3n) is 0.408. The highest BCUT2D eigenvalue weighted by Crippen LogP contribution is 1.78. The van der Waals surface area contributed by atoms with E-state index in [2.05, 4.69) is 12.2 Å². The molecule has 0 saturated heterocycles. The molecule has 0 aromatic rings. The molecule has 0 atom stereocenters. The van der Waals surface area contributed by atoms with Crippen LogP contribution in [0.25, 0.3) is 5.32 Å². The fourth-order valence-corrected chi connectivity index (χ4v) is 0.176. The first-order chi connectivity index (χ1) is 2.91. The lowest BCUT2D eigenvalue weighted by molar-refractivity contribution is 0.207. The minimum absolute atomic E-state index is 0.102. The molecule has 0 aliphatic rings. The average Bonchev–Trinajstić information content (AvgIpc) is 1.61. The second kappa shape index (κ2) is 4.79. The van der Waals surface area contributed by atoms with Crippen molar-refractivity contribution >= 4 is 0 Å². The van der Waals surface area contributed by atoms with E-state index in [0.717, 1.165) is 0 Å². The maximum atomic E-state index is 9.57. The first-order valence-corrected chi connectivity index (χ1v) is 1.92. The maximum absolute atomic E-state index is 9.57. The summed E-state index contributed by atoms with van der Waals surface area (Å²) < 4.78 is 0. The van der Waals surface area contributed by atoms with Crippen LogP contribution in [0.5, 0.6) is 0 Å². The minimum Gasteiger partial charge on any atom is -0.620 e. The predicted octanol–water partition coefficient (Wildman–Crippen LogP) is 0.625. The van der Waals surface area contributed by atoms with Gasteiger partial charge in [0.25, 0.3) is 0 Å². The van der Waals surface area contributed by atoms with Crippen molar-refractivity contribution in [3.8, 4) is 0 Å². The number of nitrogens with zero attached hydrogens (tertiary/aromatic N) is 1. The Kier molecular flexibility index (Phi) is 4.62. The summed E-state index contributed by atoms with van der Waals surface area (Å²) in [4.78, 5) is 0. The third-order valence-corrected chi connectivity index (χ3v) is 0.408. The molecule has 0 N–H and O–H groups in total. The quantitative estimate of drug-likeness (QED) is 0.356. The molecule has 0 saturated carbocycles. The average molecular weight is 86.1 g/mol. The number of hydrogen-bond donors (Lipinski definition) is 0. The lowest BCUT2D eigenvalue weighted by Gasteiger charge is -2.04. The van der Waals surface area contributed by atoms with Crippen molar-refractivity contribution in [2.75, 3.05) is 19.7 Å². The van der Waals surface area contributed by atoms with Crippen LogP contribution in [0.3, 0.4) is 0 Å². The van der Waals surface area contributed by atoms with Gasteiger partial charge in [0.05, 0.1) is 6.61 Å². The van der Waals surface area contributed by atoms with Crippen LogP contribution in [0, 0.1) is 6.92 Å². The van der Waals surface area contributed by atoms with Crippen molar-refractivity contribution < 1.29 is 5.11 Å². The number of rotatable bonds is 3. The van der Waals surface area contributed by atoms with Crippen molar-refractivity contribution in [3.05, 3.63) is 12.2 Å². The molecule has 0 bridgehead atoms. The van der Waals surface area contributed by atoms with Gasteiger partial charge in [-0.05, 0) is 0 Å². The standard InChI is InChI=1S/C4H8NO/c1-2-5-3-4-6/h1-4H2. The van der Waals surface area contributed by atoms with Crippen LogP contribution < -0.4 is 0 Å². The molecule has 35 valence electrons. The fourth-order valence-electron chi connectivity index (χ4n) is 0.176. The maximum Gasteiger partial charge on any atom is 0.0636 e. The van der Waals surface area contributed by atoms with Crippen molar-refractivity contribution in [2.45, 2.75) is 0 Å². The van der Waals surface area contributed by atoms with E-state index in [1.165, 1.54) is 0 Å². The third kappa shape index (κ3) is 3.79. The van der Waals surface area contributed by atoms with E-state index >= 15 is 0 Å². The van der Waals surface area contributed by atoms with Gasteiger partial charge in [0.1, 0.15) is 0 Å². The van der Waals surface area contributed by atoms with Gasteiger partial charge >= 0.3 is 0 Å². The van der Waals surface area contributed by atoms with Crippen LogP contribution in [0.15, 0.2) is 0 Å². The van der Waals surface area contributed by atoms with Gasteiger partial charge in [-0.2, -0.15) is 0 Å². The first-order valence-electron chi connectivity index (χ1n) is 1.92. The van der Waals surface area contributed by atoms with Crippen LogP contribution in [0.4, 0.5) is 0 Å². The molecule has 0 aliphatic carbocycles. The Morgan fingerprint density at radius 2 is 2.33 bits per heavy atom. The lowest BCUT2D eigenvalue weighted by Crippen LogP contribution is -1.88. The molecule has 2 heteroatoms. The molecule has 0 aliphatic heterocycles. The van der Waals surface area contributed by atoms with E-state index in [1.807, 2.05) is 0 Å². The van der Waals surface area contributed by atoms with E-state index in [-0.39, 0.29) is 6.61 Å². The van der Waals surface area contributed by atoms with E-state index in [0.29, 0.717) is 13.1 Å². The Morgan fingerprint density at radius 3 is 2.50 bits per heavy atom.